The Morgan fingerprint density at radius 2 is 1.74 bits per heavy atom. The molecular weight excluding hydrogens is 257 g/mol. The van der Waals surface area contributed by atoms with Gasteiger partial charge in [0.1, 0.15) is 11.2 Å². The highest BCUT2D eigenvalue weighted by Crippen LogP contribution is 2.28. The van der Waals surface area contributed by atoms with Gasteiger partial charge >= 0.3 is 0 Å². The van der Waals surface area contributed by atoms with Crippen molar-refractivity contribution in [1.29, 1.82) is 5.26 Å². The van der Waals surface area contributed by atoms with Gasteiger partial charge in [-0.1, -0.05) is 13.8 Å². The number of anilines is 1. The van der Waals surface area contributed by atoms with Crippen LogP contribution in [-0.4, -0.2) is 5.91 Å². The predicted octanol–water partition coefficient (Wildman–Crippen LogP) is 3.37. The number of nitriles is 1. The van der Waals surface area contributed by atoms with Crippen LogP contribution in [0.15, 0.2) is 12.1 Å². The molecule has 19 heavy (non-hydrogen) atoms. The first-order valence-corrected chi connectivity index (χ1v) is 5.77. The van der Waals surface area contributed by atoms with Gasteiger partial charge in [-0.05, 0) is 12.8 Å². The molecule has 0 spiro atoms. The first-order chi connectivity index (χ1) is 8.90. The Kier molecular flexibility index (Phi) is 4.54. The second-order valence-corrected chi connectivity index (χ2v) is 4.10. The zero-order valence-corrected chi connectivity index (χ0v) is 10.6. The zero-order valence-electron chi connectivity index (χ0n) is 10.6. The molecule has 0 aliphatic rings. The summed E-state index contributed by atoms with van der Waals surface area (Å²) in [6, 6.07) is 2.77. The summed E-state index contributed by atoms with van der Waals surface area (Å²) in [7, 11) is 0. The average Bonchev–Trinajstić information content (AvgIpc) is 2.38. The van der Waals surface area contributed by atoms with Crippen LogP contribution < -0.4 is 5.32 Å². The second-order valence-electron chi connectivity index (χ2n) is 4.10. The van der Waals surface area contributed by atoms with Gasteiger partial charge in [0.15, 0.2) is 11.6 Å². The van der Waals surface area contributed by atoms with Gasteiger partial charge < -0.3 is 5.32 Å². The number of hydrogen-bond acceptors (Lipinski definition) is 2. The summed E-state index contributed by atoms with van der Waals surface area (Å²) in [5.41, 5.74) is -1.79. The first kappa shape index (κ1) is 15.0. The van der Waals surface area contributed by atoms with E-state index in [-0.39, 0.29) is 12.8 Å². The molecule has 1 rings (SSSR count). The van der Waals surface area contributed by atoms with Crippen LogP contribution in [0.3, 0.4) is 0 Å². The third-order valence-corrected chi connectivity index (χ3v) is 3.11. The number of nitrogens with one attached hydrogen (secondary N) is 1. The molecule has 0 fully saturated rings. The fourth-order valence-corrected chi connectivity index (χ4v) is 1.64. The van der Waals surface area contributed by atoms with Gasteiger partial charge in [-0.15, -0.1) is 0 Å². The van der Waals surface area contributed by atoms with E-state index in [1.165, 1.54) is 0 Å². The summed E-state index contributed by atoms with van der Waals surface area (Å²) < 4.78 is 39.1. The summed E-state index contributed by atoms with van der Waals surface area (Å²) in [4.78, 5) is 12.0. The summed E-state index contributed by atoms with van der Waals surface area (Å²) in [6.07, 6.45) is 0.467. The van der Waals surface area contributed by atoms with Crippen molar-refractivity contribution < 1.29 is 18.0 Å². The molecule has 3 nitrogen and oxygen atoms in total. The fourth-order valence-electron chi connectivity index (χ4n) is 1.64. The molecule has 0 aromatic heterocycles. The molecule has 0 heterocycles. The number of carbonyl (C=O) groups excluding carboxylic acids is 1. The molecule has 6 heteroatoms. The molecule has 0 aliphatic carbocycles. The monoisotopic (exact) mass is 270 g/mol. The van der Waals surface area contributed by atoms with Crippen LogP contribution in [0.4, 0.5) is 18.9 Å². The Morgan fingerprint density at radius 3 is 2.21 bits per heavy atom. The Balaban J connectivity index is 3.07. The van der Waals surface area contributed by atoms with Crippen molar-refractivity contribution in [2.45, 2.75) is 26.7 Å². The molecule has 0 aliphatic heterocycles. The highest BCUT2D eigenvalue weighted by Gasteiger charge is 2.35. The Hall–Kier alpha value is -2.03. The minimum Gasteiger partial charge on any atom is -0.322 e. The lowest BCUT2D eigenvalue weighted by Crippen LogP contribution is -2.34. The van der Waals surface area contributed by atoms with E-state index in [1.807, 2.05) is 6.07 Å². The van der Waals surface area contributed by atoms with Crippen LogP contribution in [0.1, 0.15) is 26.7 Å². The van der Waals surface area contributed by atoms with E-state index in [0.717, 1.165) is 0 Å². The van der Waals surface area contributed by atoms with Crippen LogP contribution in [0, 0.1) is 34.2 Å². The van der Waals surface area contributed by atoms with Crippen LogP contribution in [-0.2, 0) is 4.79 Å². The number of nitrogens with zero attached hydrogens (tertiary/aromatic N) is 1. The molecule has 0 atom stereocenters. The van der Waals surface area contributed by atoms with E-state index in [0.29, 0.717) is 12.1 Å². The van der Waals surface area contributed by atoms with Gasteiger partial charge in [0.25, 0.3) is 0 Å². The van der Waals surface area contributed by atoms with Gasteiger partial charge in [0.2, 0.25) is 5.91 Å². The van der Waals surface area contributed by atoms with Crippen molar-refractivity contribution in [1.82, 2.24) is 0 Å². The summed E-state index contributed by atoms with van der Waals surface area (Å²) >= 11 is 0. The highest BCUT2D eigenvalue weighted by atomic mass is 19.2. The molecule has 0 saturated carbocycles. The maximum absolute atomic E-state index is 13.4. The molecule has 0 unspecified atom stereocenters. The van der Waals surface area contributed by atoms with E-state index >= 15 is 0 Å². The number of rotatable bonds is 4. The molecular formula is C13H13F3N2O. The number of benzene rings is 1. The van der Waals surface area contributed by atoms with Gasteiger partial charge in [-0.3, -0.25) is 4.79 Å². The van der Waals surface area contributed by atoms with E-state index in [4.69, 9.17) is 5.26 Å². The van der Waals surface area contributed by atoms with Crippen LogP contribution in [0.25, 0.3) is 0 Å². The Bertz CT molecular complexity index is 533. The molecule has 0 bridgehead atoms. The predicted molar refractivity (Wildman–Crippen MR) is 63.6 cm³/mol. The largest absolute Gasteiger partial charge is 0.322 e. The lowest BCUT2D eigenvalue weighted by atomic mass is 9.83. The fraction of sp³-hybridized carbons (Fsp3) is 0.385. The Morgan fingerprint density at radius 1 is 1.21 bits per heavy atom. The normalized spacial score (nSPS) is 10.9. The molecule has 1 N–H and O–H groups in total. The lowest BCUT2D eigenvalue weighted by Gasteiger charge is -2.22. The van der Waals surface area contributed by atoms with Gasteiger partial charge in [0.05, 0.1) is 11.8 Å². The average molecular weight is 270 g/mol. The molecule has 1 amide bonds. The van der Waals surface area contributed by atoms with Crippen molar-refractivity contribution in [3.63, 3.8) is 0 Å². The van der Waals surface area contributed by atoms with Gasteiger partial charge in [0, 0.05) is 12.1 Å². The maximum Gasteiger partial charge on any atom is 0.244 e. The van der Waals surface area contributed by atoms with Crippen molar-refractivity contribution in [3.8, 4) is 6.07 Å². The molecule has 0 saturated heterocycles. The number of halogens is 3. The highest BCUT2D eigenvalue weighted by molar-refractivity contribution is 5.97. The van der Waals surface area contributed by atoms with Crippen LogP contribution in [0.2, 0.25) is 0 Å². The van der Waals surface area contributed by atoms with Gasteiger partial charge in [-0.2, -0.15) is 5.26 Å². The SMILES string of the molecule is CCC(C#N)(CC)C(=O)Nc1cc(F)c(F)cc1F. The number of carbonyl (C=O) groups is 1. The van der Waals surface area contributed by atoms with Crippen LogP contribution >= 0.6 is 0 Å². The summed E-state index contributed by atoms with van der Waals surface area (Å²) in [6.45, 7) is 3.29. The van der Waals surface area contributed by atoms with Gasteiger partial charge in [-0.25, -0.2) is 13.2 Å². The molecule has 102 valence electrons. The Labute approximate surface area is 109 Å². The third kappa shape index (κ3) is 2.87. The van der Waals surface area contributed by atoms with Crippen molar-refractivity contribution >= 4 is 11.6 Å². The maximum atomic E-state index is 13.4. The molecule has 0 radical (unpaired) electrons. The zero-order chi connectivity index (χ0) is 14.6. The first-order valence-electron chi connectivity index (χ1n) is 5.77. The number of hydrogen-bond donors (Lipinski definition) is 1. The quantitative estimate of drug-likeness (QED) is 0.853. The topological polar surface area (TPSA) is 52.9 Å². The van der Waals surface area contributed by atoms with E-state index in [1.54, 1.807) is 13.8 Å². The lowest BCUT2D eigenvalue weighted by molar-refractivity contribution is -0.123. The van der Waals surface area contributed by atoms with E-state index in [2.05, 4.69) is 5.32 Å². The van der Waals surface area contributed by atoms with E-state index in [9.17, 15) is 18.0 Å². The number of amides is 1. The summed E-state index contributed by atoms with van der Waals surface area (Å²) in [5.74, 6) is -4.43. The molecule has 1 aromatic carbocycles. The third-order valence-electron chi connectivity index (χ3n) is 3.11. The van der Waals surface area contributed by atoms with Crippen molar-refractivity contribution in [2.24, 2.45) is 5.41 Å². The van der Waals surface area contributed by atoms with Crippen LogP contribution in [0.5, 0.6) is 0 Å². The standard InChI is InChI=1S/C13H13F3N2O/c1-3-13(4-2,7-17)12(19)18-11-6-9(15)8(14)5-10(11)16/h5-6H,3-4H2,1-2H3,(H,18,19). The molecule has 1 aromatic rings. The minimum atomic E-state index is -1.34. The smallest absolute Gasteiger partial charge is 0.244 e. The second kappa shape index (κ2) is 5.74. The van der Waals surface area contributed by atoms with E-state index < -0.39 is 34.5 Å². The van der Waals surface area contributed by atoms with Crippen molar-refractivity contribution in [3.05, 3.63) is 29.6 Å². The van der Waals surface area contributed by atoms with Crippen molar-refractivity contribution in [2.75, 3.05) is 5.32 Å². The summed E-state index contributed by atoms with van der Waals surface area (Å²) in [5, 5.41) is 11.2. The minimum absolute atomic E-state index is 0.233.